The van der Waals surface area contributed by atoms with Gasteiger partial charge in [0, 0.05) is 48.5 Å². The van der Waals surface area contributed by atoms with Crippen LogP contribution in [0.5, 0.6) is 0 Å². The highest BCUT2D eigenvalue weighted by molar-refractivity contribution is 14.0. The van der Waals surface area contributed by atoms with Crippen molar-refractivity contribution >= 4 is 57.0 Å². The Morgan fingerprint density at radius 2 is 2.07 bits per heavy atom. The number of nitrogens with one attached hydrogen (secondary N) is 2. The second-order valence-electron chi connectivity index (χ2n) is 6.99. The number of aliphatic hydroxyl groups excluding tert-OH is 1. The van der Waals surface area contributed by atoms with Crippen molar-refractivity contribution in [1.29, 1.82) is 0 Å². The lowest BCUT2D eigenvalue weighted by Gasteiger charge is -2.14. The van der Waals surface area contributed by atoms with Crippen LogP contribution in [-0.4, -0.2) is 40.6 Å². The second kappa shape index (κ2) is 10.2. The summed E-state index contributed by atoms with van der Waals surface area (Å²) in [4.78, 5) is 9.89. The van der Waals surface area contributed by atoms with E-state index in [4.69, 9.17) is 4.98 Å². The molecule has 1 unspecified atom stereocenters. The van der Waals surface area contributed by atoms with Crippen molar-refractivity contribution in [3.63, 3.8) is 0 Å². The topological polar surface area (TPSA) is 74.0 Å². The molecular weight excluding hydrogens is 509 g/mol. The van der Waals surface area contributed by atoms with Crippen LogP contribution in [0, 0.1) is 6.92 Å². The summed E-state index contributed by atoms with van der Waals surface area (Å²) in [6.07, 6.45) is 4.29. The van der Waals surface area contributed by atoms with Gasteiger partial charge in [0.15, 0.2) is 5.96 Å². The molecular formula is C22H26IN5OS. The molecule has 6 nitrogen and oxygen atoms in total. The van der Waals surface area contributed by atoms with E-state index in [1.54, 1.807) is 18.4 Å². The van der Waals surface area contributed by atoms with Gasteiger partial charge in [0.25, 0.3) is 0 Å². The minimum Gasteiger partial charge on any atom is -0.386 e. The molecule has 3 N–H and O–H groups in total. The largest absolute Gasteiger partial charge is 0.386 e. The van der Waals surface area contributed by atoms with Gasteiger partial charge in [0.1, 0.15) is 11.8 Å². The third-order valence-corrected chi connectivity index (χ3v) is 6.08. The first-order chi connectivity index (χ1) is 14.1. The van der Waals surface area contributed by atoms with Gasteiger partial charge in [-0.1, -0.05) is 24.3 Å². The van der Waals surface area contributed by atoms with Crippen molar-refractivity contribution in [3.05, 3.63) is 71.0 Å². The molecule has 0 fully saturated rings. The van der Waals surface area contributed by atoms with Gasteiger partial charge in [-0.3, -0.25) is 4.99 Å². The molecule has 0 aliphatic rings. The van der Waals surface area contributed by atoms with Gasteiger partial charge in [0.05, 0.1) is 5.69 Å². The van der Waals surface area contributed by atoms with Gasteiger partial charge in [-0.25, -0.2) is 4.98 Å². The van der Waals surface area contributed by atoms with Crippen LogP contribution in [0.1, 0.15) is 22.2 Å². The number of hydrogen-bond donors (Lipinski definition) is 3. The standard InChI is InChI=1S/C22H25N5OS.HI/c1-15-6-5-11-27-14-17(26-21(15)27)9-10-24-22(23-2)25-13-18(28)20-12-16-7-3-4-8-19(16)29-20;/h3-8,11-12,14,18,28H,9-10,13H2,1-2H3,(H2,23,24,25);1H. The van der Waals surface area contributed by atoms with Crippen molar-refractivity contribution in [2.75, 3.05) is 20.1 Å². The summed E-state index contributed by atoms with van der Waals surface area (Å²) in [5.74, 6) is 0.671. The summed E-state index contributed by atoms with van der Waals surface area (Å²) in [6.45, 7) is 3.18. The van der Waals surface area contributed by atoms with Crippen LogP contribution < -0.4 is 10.6 Å². The first kappa shape index (κ1) is 22.5. The number of aromatic nitrogens is 2. The second-order valence-corrected chi connectivity index (χ2v) is 8.10. The summed E-state index contributed by atoms with van der Waals surface area (Å²) in [5.41, 5.74) is 3.20. The Kier molecular flexibility index (Phi) is 7.68. The van der Waals surface area contributed by atoms with E-state index >= 15 is 0 Å². The number of rotatable bonds is 6. The fourth-order valence-electron chi connectivity index (χ4n) is 3.32. The van der Waals surface area contributed by atoms with Gasteiger partial charge in [-0.2, -0.15) is 0 Å². The number of pyridine rings is 1. The Bertz CT molecular complexity index is 1120. The van der Waals surface area contributed by atoms with Gasteiger partial charge in [-0.05, 0) is 36.1 Å². The third-order valence-electron chi connectivity index (χ3n) is 4.86. The zero-order chi connectivity index (χ0) is 20.2. The average Bonchev–Trinajstić information content (AvgIpc) is 3.35. The Labute approximate surface area is 197 Å². The molecule has 0 amide bonds. The van der Waals surface area contributed by atoms with Crippen molar-refractivity contribution in [1.82, 2.24) is 20.0 Å². The molecule has 0 aliphatic carbocycles. The zero-order valence-corrected chi connectivity index (χ0v) is 20.1. The molecule has 0 radical (unpaired) electrons. The molecule has 0 saturated heterocycles. The van der Waals surface area contributed by atoms with E-state index < -0.39 is 6.10 Å². The maximum absolute atomic E-state index is 10.5. The first-order valence-corrected chi connectivity index (χ1v) is 10.5. The zero-order valence-electron chi connectivity index (χ0n) is 17.0. The predicted molar refractivity (Wildman–Crippen MR) is 135 cm³/mol. The molecule has 30 heavy (non-hydrogen) atoms. The summed E-state index contributed by atoms with van der Waals surface area (Å²) in [7, 11) is 1.73. The van der Waals surface area contributed by atoms with Crippen molar-refractivity contribution < 1.29 is 5.11 Å². The fraction of sp³-hybridized carbons (Fsp3) is 0.273. The Balaban J connectivity index is 0.00000256. The lowest BCUT2D eigenvalue weighted by molar-refractivity contribution is 0.184. The summed E-state index contributed by atoms with van der Waals surface area (Å²) in [5, 5.41) is 18.2. The summed E-state index contributed by atoms with van der Waals surface area (Å²) >= 11 is 1.62. The molecule has 4 rings (SSSR count). The highest BCUT2D eigenvalue weighted by Crippen LogP contribution is 2.29. The van der Waals surface area contributed by atoms with E-state index in [2.05, 4.69) is 51.3 Å². The summed E-state index contributed by atoms with van der Waals surface area (Å²) in [6, 6.07) is 14.3. The monoisotopic (exact) mass is 535 g/mol. The molecule has 158 valence electrons. The van der Waals surface area contributed by atoms with Crippen LogP contribution in [0.3, 0.4) is 0 Å². The van der Waals surface area contributed by atoms with Crippen LogP contribution >= 0.6 is 35.3 Å². The van der Waals surface area contributed by atoms with Crippen LogP contribution in [0.15, 0.2) is 59.9 Å². The van der Waals surface area contributed by atoms with E-state index in [0.717, 1.165) is 28.0 Å². The van der Waals surface area contributed by atoms with E-state index in [0.29, 0.717) is 19.0 Å². The number of thiophene rings is 1. The SMILES string of the molecule is CN=C(NCCc1cn2cccc(C)c2n1)NCC(O)c1cc2ccccc2s1.I. The number of nitrogens with zero attached hydrogens (tertiary/aromatic N) is 3. The van der Waals surface area contributed by atoms with Crippen LogP contribution in [0.25, 0.3) is 15.7 Å². The number of benzene rings is 1. The number of hydrogen-bond acceptors (Lipinski definition) is 4. The molecule has 0 aliphatic heterocycles. The van der Waals surface area contributed by atoms with Gasteiger partial charge >= 0.3 is 0 Å². The highest BCUT2D eigenvalue weighted by atomic mass is 127. The van der Waals surface area contributed by atoms with Gasteiger partial charge in [-0.15, -0.1) is 35.3 Å². The van der Waals surface area contributed by atoms with Crippen molar-refractivity contribution in [3.8, 4) is 0 Å². The molecule has 0 bridgehead atoms. The number of aryl methyl sites for hydroxylation is 1. The van der Waals surface area contributed by atoms with Crippen LogP contribution in [-0.2, 0) is 6.42 Å². The normalized spacial score (nSPS) is 12.7. The molecule has 3 aromatic heterocycles. The maximum Gasteiger partial charge on any atom is 0.191 e. The maximum atomic E-state index is 10.5. The molecule has 1 atom stereocenters. The number of imidazole rings is 1. The van der Waals surface area contributed by atoms with E-state index in [1.165, 1.54) is 10.3 Å². The smallest absolute Gasteiger partial charge is 0.191 e. The lowest BCUT2D eigenvalue weighted by atomic mass is 10.2. The highest BCUT2D eigenvalue weighted by Gasteiger charge is 2.12. The number of aliphatic hydroxyl groups is 1. The lowest BCUT2D eigenvalue weighted by Crippen LogP contribution is -2.40. The number of aliphatic imine (C=N–C) groups is 1. The Morgan fingerprint density at radius 1 is 1.23 bits per heavy atom. The molecule has 0 saturated carbocycles. The minimum absolute atomic E-state index is 0. The van der Waals surface area contributed by atoms with Crippen molar-refractivity contribution in [2.24, 2.45) is 4.99 Å². The number of halogens is 1. The first-order valence-electron chi connectivity index (χ1n) is 9.68. The number of guanidine groups is 1. The number of fused-ring (bicyclic) bond motifs is 2. The van der Waals surface area contributed by atoms with Crippen LogP contribution in [0.2, 0.25) is 0 Å². The van der Waals surface area contributed by atoms with Crippen LogP contribution in [0.4, 0.5) is 0 Å². The van der Waals surface area contributed by atoms with E-state index in [-0.39, 0.29) is 24.0 Å². The minimum atomic E-state index is -0.577. The molecule has 1 aromatic carbocycles. The Hall–Kier alpha value is -2.17. The van der Waals surface area contributed by atoms with Crippen molar-refractivity contribution in [2.45, 2.75) is 19.4 Å². The Morgan fingerprint density at radius 3 is 2.83 bits per heavy atom. The quantitative estimate of drug-likeness (QED) is 0.199. The van der Waals surface area contributed by atoms with Gasteiger partial charge < -0.3 is 20.1 Å². The van der Waals surface area contributed by atoms with Gasteiger partial charge in [0.2, 0.25) is 0 Å². The fourth-order valence-corrected chi connectivity index (χ4v) is 4.37. The van der Waals surface area contributed by atoms with E-state index in [9.17, 15) is 5.11 Å². The molecule has 3 heterocycles. The third kappa shape index (κ3) is 5.11. The average molecular weight is 535 g/mol. The molecule has 8 heteroatoms. The summed E-state index contributed by atoms with van der Waals surface area (Å²) < 4.78 is 3.24. The predicted octanol–water partition coefficient (Wildman–Crippen LogP) is 3.92. The molecule has 0 spiro atoms. The molecule has 4 aromatic rings. The van der Waals surface area contributed by atoms with E-state index in [1.807, 2.05) is 30.5 Å².